The molecule has 1 saturated heterocycles. The number of carbonyl (C=O) groups is 1. The van der Waals surface area contributed by atoms with Gasteiger partial charge >= 0.3 is 5.97 Å². The largest absolute Gasteiger partial charge is 0.481 e. The van der Waals surface area contributed by atoms with E-state index in [2.05, 4.69) is 19.9 Å². The second kappa shape index (κ2) is 6.69. The molecule has 3 heterocycles. The molecule has 2 aromatic heterocycles. The third-order valence-electron chi connectivity index (χ3n) is 4.11. The average molecular weight is 328 g/mol. The van der Waals surface area contributed by atoms with Crippen LogP contribution < -0.4 is 15.5 Å². The third-order valence-corrected chi connectivity index (χ3v) is 4.11. The molecule has 0 aliphatic carbocycles. The molecule has 0 bridgehead atoms. The van der Waals surface area contributed by atoms with Crippen LogP contribution >= 0.6 is 0 Å². The molecule has 126 valence electrons. The highest BCUT2D eigenvalue weighted by Gasteiger charge is 2.28. The molecule has 2 aromatic rings. The highest BCUT2D eigenvalue weighted by molar-refractivity contribution is 5.72. The molecule has 0 saturated carbocycles. The van der Waals surface area contributed by atoms with Gasteiger partial charge in [-0.15, -0.1) is 0 Å². The van der Waals surface area contributed by atoms with E-state index in [9.17, 15) is 9.90 Å². The maximum Gasteiger partial charge on any atom is 0.310 e. The van der Waals surface area contributed by atoms with Crippen molar-refractivity contribution in [2.45, 2.75) is 6.92 Å². The van der Waals surface area contributed by atoms with Gasteiger partial charge in [-0.1, -0.05) is 0 Å². The Kier molecular flexibility index (Phi) is 4.45. The summed E-state index contributed by atoms with van der Waals surface area (Å²) >= 11 is 0. The van der Waals surface area contributed by atoms with Gasteiger partial charge in [-0.2, -0.15) is 0 Å². The lowest BCUT2D eigenvalue weighted by molar-refractivity contribution is -0.140. The van der Waals surface area contributed by atoms with Crippen LogP contribution in [0.2, 0.25) is 0 Å². The first kappa shape index (κ1) is 16.0. The van der Waals surface area contributed by atoms with E-state index in [0.717, 1.165) is 11.4 Å². The molecule has 0 amide bonds. The van der Waals surface area contributed by atoms with Crippen molar-refractivity contribution in [3.8, 4) is 0 Å². The lowest BCUT2D eigenvalue weighted by atomic mass is 10.1. The first-order valence-corrected chi connectivity index (χ1v) is 7.76. The van der Waals surface area contributed by atoms with Crippen molar-refractivity contribution in [2.24, 2.45) is 5.92 Å². The quantitative estimate of drug-likeness (QED) is 0.851. The van der Waals surface area contributed by atoms with Crippen LogP contribution in [0.3, 0.4) is 0 Å². The molecular weight excluding hydrogens is 308 g/mol. The van der Waals surface area contributed by atoms with Crippen molar-refractivity contribution in [1.29, 1.82) is 0 Å². The molecular formula is C16H20N6O2. The minimum Gasteiger partial charge on any atom is -0.481 e. The molecule has 0 spiro atoms. The molecule has 1 fully saturated rings. The maximum atomic E-state index is 11.7. The fourth-order valence-corrected chi connectivity index (χ4v) is 2.87. The number of pyridine rings is 1. The molecule has 0 aromatic carbocycles. The fourth-order valence-electron chi connectivity index (χ4n) is 2.87. The summed E-state index contributed by atoms with van der Waals surface area (Å²) in [5.74, 6) is -0.323. The van der Waals surface area contributed by atoms with Crippen LogP contribution in [0.5, 0.6) is 0 Å². The predicted molar refractivity (Wildman–Crippen MR) is 91.0 cm³/mol. The Morgan fingerprint density at radius 1 is 1.21 bits per heavy atom. The summed E-state index contributed by atoms with van der Waals surface area (Å²) in [5.41, 5.74) is 7.61. The molecule has 1 unspecified atom stereocenters. The lowest BCUT2D eigenvalue weighted by Gasteiger charge is -2.24. The highest BCUT2D eigenvalue weighted by atomic mass is 16.4. The van der Waals surface area contributed by atoms with Crippen LogP contribution in [0.4, 0.5) is 17.3 Å². The normalized spacial score (nSPS) is 18.3. The Morgan fingerprint density at radius 3 is 2.67 bits per heavy atom. The number of carboxylic acid groups (broad SMARTS) is 1. The van der Waals surface area contributed by atoms with Crippen molar-refractivity contribution < 1.29 is 9.90 Å². The lowest BCUT2D eigenvalue weighted by Crippen LogP contribution is -2.35. The van der Waals surface area contributed by atoms with Crippen molar-refractivity contribution in [3.63, 3.8) is 0 Å². The number of anilines is 3. The molecule has 1 aliphatic rings. The van der Waals surface area contributed by atoms with E-state index >= 15 is 0 Å². The van der Waals surface area contributed by atoms with E-state index in [0.29, 0.717) is 37.8 Å². The molecule has 0 radical (unpaired) electrons. The fraction of sp³-hybridized carbons (Fsp3) is 0.375. The van der Waals surface area contributed by atoms with Gasteiger partial charge in [0, 0.05) is 49.8 Å². The number of nitrogens with two attached hydrogens (primary N) is 1. The first-order valence-electron chi connectivity index (χ1n) is 7.76. The van der Waals surface area contributed by atoms with Gasteiger partial charge in [0.15, 0.2) is 0 Å². The third kappa shape index (κ3) is 3.53. The van der Waals surface area contributed by atoms with Crippen molar-refractivity contribution >= 4 is 23.3 Å². The average Bonchev–Trinajstić information content (AvgIpc) is 2.78. The summed E-state index contributed by atoms with van der Waals surface area (Å²) in [6.07, 6.45) is 3.14. The van der Waals surface area contributed by atoms with Gasteiger partial charge in [0.25, 0.3) is 0 Å². The van der Waals surface area contributed by atoms with E-state index in [-0.39, 0.29) is 0 Å². The number of hydrogen-bond donors (Lipinski definition) is 2. The molecule has 3 N–H and O–H groups in total. The Bertz CT molecular complexity index is 683. The zero-order valence-electron chi connectivity index (χ0n) is 13.5. The predicted octanol–water partition coefficient (Wildman–Crippen LogP) is 0.790. The summed E-state index contributed by atoms with van der Waals surface area (Å²) in [6, 6.07) is 5.55. The second-order valence-electron chi connectivity index (χ2n) is 5.88. The van der Waals surface area contributed by atoms with E-state index in [1.807, 2.05) is 24.0 Å². The van der Waals surface area contributed by atoms with Crippen molar-refractivity contribution in [1.82, 2.24) is 15.0 Å². The summed E-state index contributed by atoms with van der Waals surface area (Å²) in [5, 5.41) is 9.58. The highest BCUT2D eigenvalue weighted by Crippen LogP contribution is 2.22. The second-order valence-corrected chi connectivity index (χ2v) is 5.88. The van der Waals surface area contributed by atoms with Crippen molar-refractivity contribution in [2.75, 3.05) is 41.7 Å². The SMILES string of the molecule is Cc1cc(N2CCN(c3cc(N)ncn3)CC(C(=O)O)C2)ccn1. The van der Waals surface area contributed by atoms with E-state index in [4.69, 9.17) is 5.73 Å². The van der Waals surface area contributed by atoms with Crippen LogP contribution in [0.25, 0.3) is 0 Å². The van der Waals surface area contributed by atoms with Gasteiger partial charge in [0.2, 0.25) is 0 Å². The maximum absolute atomic E-state index is 11.7. The van der Waals surface area contributed by atoms with Crippen LogP contribution in [-0.2, 0) is 4.79 Å². The molecule has 3 rings (SSSR count). The monoisotopic (exact) mass is 328 g/mol. The van der Waals surface area contributed by atoms with Gasteiger partial charge in [-0.05, 0) is 19.1 Å². The van der Waals surface area contributed by atoms with E-state index < -0.39 is 11.9 Å². The van der Waals surface area contributed by atoms with Crippen LogP contribution in [0.15, 0.2) is 30.7 Å². The minimum absolute atomic E-state index is 0.373. The van der Waals surface area contributed by atoms with E-state index in [1.54, 1.807) is 12.3 Å². The number of nitrogens with zero attached hydrogens (tertiary/aromatic N) is 5. The van der Waals surface area contributed by atoms with Crippen LogP contribution in [-0.4, -0.2) is 52.2 Å². The number of carboxylic acids is 1. The summed E-state index contributed by atoms with van der Waals surface area (Å²) in [7, 11) is 0. The molecule has 24 heavy (non-hydrogen) atoms. The minimum atomic E-state index is -0.820. The molecule has 1 aliphatic heterocycles. The number of aliphatic carboxylic acids is 1. The van der Waals surface area contributed by atoms with Gasteiger partial charge in [0.05, 0.1) is 5.92 Å². The van der Waals surface area contributed by atoms with Crippen LogP contribution in [0, 0.1) is 12.8 Å². The molecule has 1 atom stereocenters. The zero-order chi connectivity index (χ0) is 17.1. The number of rotatable bonds is 3. The van der Waals surface area contributed by atoms with Gasteiger partial charge in [-0.25, -0.2) is 9.97 Å². The first-order chi connectivity index (χ1) is 11.5. The molecule has 8 nitrogen and oxygen atoms in total. The standard InChI is InChI=1S/C16H20N6O2/c1-11-6-13(2-3-18-11)21-4-5-22(9-12(8-21)16(23)24)15-7-14(17)19-10-20-15/h2-3,6-7,10,12H,4-5,8-9H2,1H3,(H,23,24)(H2,17,19,20). The number of hydrogen-bond acceptors (Lipinski definition) is 7. The van der Waals surface area contributed by atoms with Gasteiger partial charge < -0.3 is 20.6 Å². The number of nitrogen functional groups attached to an aromatic ring is 1. The number of aryl methyl sites for hydroxylation is 1. The summed E-state index contributed by atoms with van der Waals surface area (Å²) < 4.78 is 0. The summed E-state index contributed by atoms with van der Waals surface area (Å²) in [6.45, 7) is 4.09. The van der Waals surface area contributed by atoms with Crippen LogP contribution in [0.1, 0.15) is 5.69 Å². The Morgan fingerprint density at radius 2 is 1.96 bits per heavy atom. The topological polar surface area (TPSA) is 108 Å². The van der Waals surface area contributed by atoms with Crippen molar-refractivity contribution in [3.05, 3.63) is 36.4 Å². The summed E-state index contributed by atoms with van der Waals surface area (Å²) in [4.78, 5) is 28.0. The Labute approximate surface area is 140 Å². The number of aromatic nitrogens is 3. The zero-order valence-corrected chi connectivity index (χ0v) is 13.5. The van der Waals surface area contributed by atoms with Gasteiger partial charge in [-0.3, -0.25) is 9.78 Å². The smallest absolute Gasteiger partial charge is 0.310 e. The Balaban J connectivity index is 1.86. The van der Waals surface area contributed by atoms with E-state index in [1.165, 1.54) is 6.33 Å². The Hall–Kier alpha value is -2.90. The molecule has 8 heteroatoms. The van der Waals surface area contributed by atoms with Gasteiger partial charge in [0.1, 0.15) is 18.0 Å².